The van der Waals surface area contributed by atoms with Crippen LogP contribution in [-0.4, -0.2) is 21.1 Å². The van der Waals surface area contributed by atoms with Crippen LogP contribution in [0, 0.1) is 6.92 Å². The van der Waals surface area contributed by atoms with E-state index in [1.54, 1.807) is 17.5 Å². The number of nitrogens with zero attached hydrogens (tertiary/aromatic N) is 3. The first-order chi connectivity index (χ1) is 9.28. The van der Waals surface area contributed by atoms with Gasteiger partial charge in [-0.25, -0.2) is 9.97 Å². The van der Waals surface area contributed by atoms with Crippen molar-refractivity contribution in [3.63, 3.8) is 0 Å². The lowest BCUT2D eigenvalue weighted by Crippen LogP contribution is -2.27. The Morgan fingerprint density at radius 3 is 2.89 bits per heavy atom. The van der Waals surface area contributed by atoms with Crippen LogP contribution in [0.2, 0.25) is 0 Å². The maximum atomic E-state index is 9.18. The summed E-state index contributed by atoms with van der Waals surface area (Å²) in [6.45, 7) is 2.79. The van der Waals surface area contributed by atoms with Crippen LogP contribution >= 0.6 is 11.3 Å². The third-order valence-electron chi connectivity index (χ3n) is 3.42. The van der Waals surface area contributed by atoms with E-state index < -0.39 is 0 Å². The summed E-state index contributed by atoms with van der Waals surface area (Å²) in [6.07, 6.45) is 4.17. The molecule has 1 saturated carbocycles. The number of hydrogen-bond donors (Lipinski definition) is 1. The van der Waals surface area contributed by atoms with Crippen LogP contribution in [0.5, 0.6) is 0 Å². The topological polar surface area (TPSA) is 49.2 Å². The molecular weight excluding hydrogens is 258 g/mol. The van der Waals surface area contributed by atoms with Crippen molar-refractivity contribution in [3.8, 4) is 0 Å². The van der Waals surface area contributed by atoms with Crippen molar-refractivity contribution in [1.29, 1.82) is 0 Å². The molecule has 5 heteroatoms. The molecule has 0 amide bonds. The van der Waals surface area contributed by atoms with Gasteiger partial charge in [-0.3, -0.25) is 0 Å². The van der Waals surface area contributed by atoms with Gasteiger partial charge in [-0.1, -0.05) is 0 Å². The van der Waals surface area contributed by atoms with Crippen molar-refractivity contribution < 1.29 is 5.11 Å². The van der Waals surface area contributed by atoms with Crippen LogP contribution in [-0.2, 0) is 13.2 Å². The normalized spacial score (nSPS) is 14.6. The van der Waals surface area contributed by atoms with Gasteiger partial charge in [-0.05, 0) is 42.2 Å². The number of aliphatic hydroxyl groups is 1. The molecule has 0 saturated heterocycles. The van der Waals surface area contributed by atoms with Gasteiger partial charge in [0.15, 0.2) is 0 Å². The summed E-state index contributed by atoms with van der Waals surface area (Å²) in [5, 5.41) is 13.5. The molecule has 2 heterocycles. The zero-order valence-electron chi connectivity index (χ0n) is 10.9. The van der Waals surface area contributed by atoms with E-state index in [2.05, 4.69) is 31.7 Å². The second-order valence-corrected chi connectivity index (χ2v) is 5.71. The summed E-state index contributed by atoms with van der Waals surface area (Å²) < 4.78 is 0. The SMILES string of the molecule is Cc1nc(N(Cc2ccsc2)C2CC2)ncc1CO. The summed E-state index contributed by atoms with van der Waals surface area (Å²) in [5.41, 5.74) is 2.97. The molecule has 1 aliphatic carbocycles. The molecule has 0 radical (unpaired) electrons. The molecule has 0 aliphatic heterocycles. The van der Waals surface area contributed by atoms with Crippen LogP contribution in [0.15, 0.2) is 23.0 Å². The Morgan fingerprint density at radius 2 is 2.32 bits per heavy atom. The lowest BCUT2D eigenvalue weighted by atomic mass is 10.2. The fourth-order valence-corrected chi connectivity index (χ4v) is 2.76. The van der Waals surface area contributed by atoms with E-state index in [0.29, 0.717) is 6.04 Å². The van der Waals surface area contributed by atoms with Crippen molar-refractivity contribution in [3.05, 3.63) is 39.8 Å². The van der Waals surface area contributed by atoms with Gasteiger partial charge in [-0.15, -0.1) is 0 Å². The lowest BCUT2D eigenvalue weighted by molar-refractivity contribution is 0.280. The van der Waals surface area contributed by atoms with Gasteiger partial charge in [0, 0.05) is 30.0 Å². The predicted octanol–water partition coefficient (Wildman–Crippen LogP) is 2.51. The largest absolute Gasteiger partial charge is 0.392 e. The zero-order valence-corrected chi connectivity index (χ0v) is 11.7. The van der Waals surface area contributed by atoms with Gasteiger partial charge in [0.05, 0.1) is 6.61 Å². The number of thiophene rings is 1. The Balaban J connectivity index is 1.85. The maximum Gasteiger partial charge on any atom is 0.226 e. The number of aromatic nitrogens is 2. The molecule has 1 fully saturated rings. The highest BCUT2D eigenvalue weighted by Gasteiger charge is 2.31. The van der Waals surface area contributed by atoms with Gasteiger partial charge < -0.3 is 10.0 Å². The molecule has 0 unspecified atom stereocenters. The van der Waals surface area contributed by atoms with Crippen molar-refractivity contribution in [2.75, 3.05) is 4.90 Å². The third-order valence-corrected chi connectivity index (χ3v) is 4.15. The maximum absolute atomic E-state index is 9.18. The highest BCUT2D eigenvalue weighted by molar-refractivity contribution is 7.07. The molecule has 1 N–H and O–H groups in total. The fraction of sp³-hybridized carbons (Fsp3) is 0.429. The van der Waals surface area contributed by atoms with E-state index in [1.807, 2.05) is 6.92 Å². The van der Waals surface area contributed by atoms with Crippen LogP contribution in [0.25, 0.3) is 0 Å². The van der Waals surface area contributed by atoms with Gasteiger partial charge in [0.25, 0.3) is 0 Å². The minimum absolute atomic E-state index is 0.0000719. The van der Waals surface area contributed by atoms with Crippen molar-refractivity contribution >= 4 is 17.3 Å². The quantitative estimate of drug-likeness (QED) is 0.911. The Kier molecular flexibility index (Phi) is 3.48. The number of aryl methyl sites for hydroxylation is 1. The Hall–Kier alpha value is -1.46. The highest BCUT2D eigenvalue weighted by Crippen LogP contribution is 2.31. The highest BCUT2D eigenvalue weighted by atomic mass is 32.1. The smallest absolute Gasteiger partial charge is 0.226 e. The summed E-state index contributed by atoms with van der Waals surface area (Å²) >= 11 is 1.72. The zero-order chi connectivity index (χ0) is 13.2. The molecule has 3 rings (SSSR count). The Morgan fingerprint density at radius 1 is 1.47 bits per heavy atom. The molecule has 2 aromatic rings. The first-order valence-electron chi connectivity index (χ1n) is 6.49. The Bertz CT molecular complexity index is 552. The molecule has 19 heavy (non-hydrogen) atoms. The van der Waals surface area contributed by atoms with Crippen LogP contribution in [0.4, 0.5) is 5.95 Å². The monoisotopic (exact) mass is 275 g/mol. The average Bonchev–Trinajstić information content (AvgIpc) is 3.13. The first kappa shape index (κ1) is 12.6. The van der Waals surface area contributed by atoms with Crippen LogP contribution < -0.4 is 4.90 Å². The van der Waals surface area contributed by atoms with Crippen LogP contribution in [0.3, 0.4) is 0 Å². The molecular formula is C14H17N3OS. The van der Waals surface area contributed by atoms with Crippen molar-refractivity contribution in [1.82, 2.24) is 9.97 Å². The lowest BCUT2D eigenvalue weighted by Gasteiger charge is -2.22. The van der Waals surface area contributed by atoms with Gasteiger partial charge in [-0.2, -0.15) is 11.3 Å². The molecule has 100 valence electrons. The van der Waals surface area contributed by atoms with Crippen molar-refractivity contribution in [2.24, 2.45) is 0 Å². The summed E-state index contributed by atoms with van der Waals surface area (Å²) in [4.78, 5) is 11.2. The van der Waals surface area contributed by atoms with E-state index in [9.17, 15) is 5.11 Å². The third kappa shape index (κ3) is 2.77. The molecule has 0 spiro atoms. The second-order valence-electron chi connectivity index (χ2n) is 4.93. The van der Waals surface area contributed by atoms with Crippen LogP contribution in [0.1, 0.15) is 29.7 Å². The van der Waals surface area contributed by atoms with E-state index >= 15 is 0 Å². The first-order valence-corrected chi connectivity index (χ1v) is 7.43. The minimum Gasteiger partial charge on any atom is -0.392 e. The van der Waals surface area contributed by atoms with E-state index in [1.165, 1.54) is 18.4 Å². The molecule has 0 atom stereocenters. The van der Waals surface area contributed by atoms with Gasteiger partial charge in [0.1, 0.15) is 0 Å². The fourth-order valence-electron chi connectivity index (χ4n) is 2.10. The van der Waals surface area contributed by atoms with E-state index in [4.69, 9.17) is 0 Å². The summed E-state index contributed by atoms with van der Waals surface area (Å²) in [7, 11) is 0. The number of rotatable bonds is 5. The van der Waals surface area contributed by atoms with Gasteiger partial charge >= 0.3 is 0 Å². The van der Waals surface area contributed by atoms with Crippen molar-refractivity contribution in [2.45, 2.75) is 39.0 Å². The molecule has 0 bridgehead atoms. The molecule has 2 aromatic heterocycles. The standard InChI is InChI=1S/C14H17N3OS/c1-10-12(8-18)6-15-14(16-10)17(13-2-3-13)7-11-4-5-19-9-11/h4-6,9,13,18H,2-3,7-8H2,1H3. The predicted molar refractivity (Wildman–Crippen MR) is 76.2 cm³/mol. The number of aliphatic hydroxyl groups excluding tert-OH is 1. The van der Waals surface area contributed by atoms with Gasteiger partial charge in [0.2, 0.25) is 5.95 Å². The van der Waals surface area contributed by atoms with E-state index in [0.717, 1.165) is 23.8 Å². The summed E-state index contributed by atoms with van der Waals surface area (Å²) in [5.74, 6) is 0.781. The molecule has 4 nitrogen and oxygen atoms in total. The number of anilines is 1. The summed E-state index contributed by atoms with van der Waals surface area (Å²) in [6, 6.07) is 2.72. The average molecular weight is 275 g/mol. The number of hydrogen-bond acceptors (Lipinski definition) is 5. The van der Waals surface area contributed by atoms with E-state index in [-0.39, 0.29) is 6.61 Å². The molecule has 0 aromatic carbocycles. The Labute approximate surface area is 116 Å². The molecule has 1 aliphatic rings. The second kappa shape index (κ2) is 5.27. The minimum atomic E-state index is 0.0000719.